The Labute approximate surface area is 195 Å². The number of nitrogens with one attached hydrogen (secondary N) is 2. The fraction of sp³-hybridized carbons (Fsp3) is 0.364. The SMILES string of the molecule is CN=C(NCc1cccc(OCC(N)=O)c1)NC1CCN(c2ccccc2)CC1.I. The van der Waals surface area contributed by atoms with Gasteiger partial charge in [-0.25, -0.2) is 0 Å². The van der Waals surface area contributed by atoms with Gasteiger partial charge in [-0.05, 0) is 42.7 Å². The highest BCUT2D eigenvalue weighted by Crippen LogP contribution is 2.19. The highest BCUT2D eigenvalue weighted by Gasteiger charge is 2.20. The minimum Gasteiger partial charge on any atom is -0.484 e. The minimum atomic E-state index is -0.489. The van der Waals surface area contributed by atoms with Gasteiger partial charge in [-0.1, -0.05) is 30.3 Å². The quantitative estimate of drug-likeness (QED) is 0.295. The Morgan fingerprint density at radius 3 is 2.57 bits per heavy atom. The number of para-hydroxylation sites is 1. The molecule has 1 amide bonds. The van der Waals surface area contributed by atoms with Gasteiger partial charge in [0.25, 0.3) is 5.91 Å². The van der Waals surface area contributed by atoms with Crippen LogP contribution in [-0.4, -0.2) is 44.7 Å². The molecule has 0 bridgehead atoms. The standard InChI is InChI=1S/C22H29N5O2.HI/c1-24-22(25-15-17-6-5-9-20(14-17)29-16-21(23)28)26-18-10-12-27(13-11-18)19-7-3-2-4-8-19;/h2-9,14,18H,10-13,15-16H2,1H3,(H2,23,28)(H2,24,25,26);1H. The van der Waals surface area contributed by atoms with Crippen LogP contribution in [0.25, 0.3) is 0 Å². The van der Waals surface area contributed by atoms with Gasteiger partial charge >= 0.3 is 0 Å². The van der Waals surface area contributed by atoms with E-state index in [-0.39, 0.29) is 30.6 Å². The molecule has 0 aliphatic carbocycles. The summed E-state index contributed by atoms with van der Waals surface area (Å²) in [4.78, 5) is 17.6. The number of ether oxygens (including phenoxy) is 1. The number of benzene rings is 2. The van der Waals surface area contributed by atoms with Crippen LogP contribution < -0.4 is 26.0 Å². The first-order valence-electron chi connectivity index (χ1n) is 9.91. The van der Waals surface area contributed by atoms with Crippen molar-refractivity contribution in [2.24, 2.45) is 10.7 Å². The first-order valence-corrected chi connectivity index (χ1v) is 9.91. The molecule has 0 unspecified atom stereocenters. The summed E-state index contributed by atoms with van der Waals surface area (Å²) >= 11 is 0. The van der Waals surface area contributed by atoms with Crippen LogP contribution in [0, 0.1) is 0 Å². The van der Waals surface area contributed by atoms with Crippen molar-refractivity contribution in [2.75, 3.05) is 31.6 Å². The average Bonchev–Trinajstić information content (AvgIpc) is 2.76. The van der Waals surface area contributed by atoms with E-state index in [1.165, 1.54) is 5.69 Å². The normalized spacial score (nSPS) is 14.6. The van der Waals surface area contributed by atoms with Gasteiger partial charge in [0.05, 0.1) is 0 Å². The fourth-order valence-corrected chi connectivity index (χ4v) is 3.39. The zero-order valence-electron chi connectivity index (χ0n) is 17.2. The molecule has 4 N–H and O–H groups in total. The molecule has 0 spiro atoms. The Morgan fingerprint density at radius 1 is 1.17 bits per heavy atom. The van der Waals surface area contributed by atoms with E-state index >= 15 is 0 Å². The maximum atomic E-state index is 10.9. The number of halogens is 1. The third-order valence-electron chi connectivity index (χ3n) is 4.92. The molecule has 0 atom stereocenters. The van der Waals surface area contributed by atoms with Crippen LogP contribution in [0.2, 0.25) is 0 Å². The van der Waals surface area contributed by atoms with Crippen molar-refractivity contribution in [1.82, 2.24) is 10.6 Å². The van der Waals surface area contributed by atoms with Crippen LogP contribution in [0.4, 0.5) is 5.69 Å². The van der Waals surface area contributed by atoms with E-state index < -0.39 is 5.91 Å². The second-order valence-electron chi connectivity index (χ2n) is 7.07. The lowest BCUT2D eigenvalue weighted by molar-refractivity contribution is -0.119. The molecule has 1 heterocycles. The molecular formula is C22H30IN5O2. The van der Waals surface area contributed by atoms with Crippen molar-refractivity contribution in [2.45, 2.75) is 25.4 Å². The Balaban J connectivity index is 0.00000320. The number of carbonyl (C=O) groups is 1. The zero-order chi connectivity index (χ0) is 20.5. The lowest BCUT2D eigenvalue weighted by Crippen LogP contribution is -2.48. The highest BCUT2D eigenvalue weighted by atomic mass is 127. The highest BCUT2D eigenvalue weighted by molar-refractivity contribution is 14.0. The van der Waals surface area contributed by atoms with Crippen LogP contribution >= 0.6 is 24.0 Å². The lowest BCUT2D eigenvalue weighted by atomic mass is 10.0. The van der Waals surface area contributed by atoms with Crippen molar-refractivity contribution in [3.05, 3.63) is 60.2 Å². The summed E-state index contributed by atoms with van der Waals surface area (Å²) in [5, 5.41) is 6.87. The summed E-state index contributed by atoms with van der Waals surface area (Å²) in [7, 11) is 1.78. The molecule has 162 valence electrons. The third kappa shape index (κ3) is 7.40. The molecule has 1 aliphatic heterocycles. The molecule has 2 aromatic rings. The van der Waals surface area contributed by atoms with Crippen molar-refractivity contribution in [1.29, 1.82) is 0 Å². The molecule has 8 heteroatoms. The molecule has 1 aliphatic rings. The second kappa shape index (κ2) is 12.3. The van der Waals surface area contributed by atoms with Gasteiger partial charge in [0.1, 0.15) is 5.75 Å². The average molecular weight is 523 g/mol. The zero-order valence-corrected chi connectivity index (χ0v) is 19.5. The van der Waals surface area contributed by atoms with Gasteiger partial charge in [-0.15, -0.1) is 24.0 Å². The van der Waals surface area contributed by atoms with Gasteiger partial charge in [0.15, 0.2) is 12.6 Å². The van der Waals surface area contributed by atoms with Crippen LogP contribution in [0.5, 0.6) is 5.75 Å². The maximum absolute atomic E-state index is 10.9. The van der Waals surface area contributed by atoms with E-state index in [0.717, 1.165) is 37.5 Å². The number of aliphatic imine (C=N–C) groups is 1. The molecule has 0 aromatic heterocycles. The van der Waals surface area contributed by atoms with Gasteiger partial charge in [0.2, 0.25) is 0 Å². The Kier molecular flexibility index (Phi) is 9.72. The van der Waals surface area contributed by atoms with Crippen molar-refractivity contribution < 1.29 is 9.53 Å². The first-order chi connectivity index (χ1) is 14.1. The second-order valence-corrected chi connectivity index (χ2v) is 7.07. The van der Waals surface area contributed by atoms with Gasteiger partial charge < -0.3 is 26.0 Å². The predicted molar refractivity (Wildman–Crippen MR) is 132 cm³/mol. The maximum Gasteiger partial charge on any atom is 0.255 e. The van der Waals surface area contributed by atoms with Gasteiger partial charge in [-0.3, -0.25) is 9.79 Å². The van der Waals surface area contributed by atoms with E-state index in [2.05, 4.69) is 44.8 Å². The molecule has 0 saturated carbocycles. The van der Waals surface area contributed by atoms with Crippen molar-refractivity contribution in [3.8, 4) is 5.75 Å². The summed E-state index contributed by atoms with van der Waals surface area (Å²) in [6.07, 6.45) is 2.12. The number of rotatable bonds is 7. The summed E-state index contributed by atoms with van der Waals surface area (Å²) in [5.74, 6) is 0.919. The van der Waals surface area contributed by atoms with Crippen molar-refractivity contribution in [3.63, 3.8) is 0 Å². The van der Waals surface area contributed by atoms with E-state index in [4.69, 9.17) is 10.5 Å². The number of primary amides is 1. The Hall–Kier alpha value is -2.49. The molecule has 0 radical (unpaired) electrons. The summed E-state index contributed by atoms with van der Waals surface area (Å²) in [6, 6.07) is 18.5. The smallest absolute Gasteiger partial charge is 0.255 e. The van der Waals surface area contributed by atoms with Crippen LogP contribution in [0.1, 0.15) is 18.4 Å². The molecule has 7 nitrogen and oxygen atoms in total. The number of hydrogen-bond donors (Lipinski definition) is 3. The lowest BCUT2D eigenvalue weighted by Gasteiger charge is -2.34. The largest absolute Gasteiger partial charge is 0.484 e. The summed E-state index contributed by atoms with van der Waals surface area (Å²) in [5.41, 5.74) is 7.44. The molecular weight excluding hydrogens is 493 g/mol. The predicted octanol–water partition coefficient (Wildman–Crippen LogP) is 2.50. The number of hydrogen-bond acceptors (Lipinski definition) is 4. The first kappa shape index (κ1) is 23.8. The molecule has 1 fully saturated rings. The Bertz CT molecular complexity index is 823. The molecule has 1 saturated heterocycles. The van der Waals surface area contributed by atoms with E-state index in [1.54, 1.807) is 13.1 Å². The van der Waals surface area contributed by atoms with Crippen molar-refractivity contribution >= 4 is 41.5 Å². The number of nitrogens with two attached hydrogens (primary N) is 1. The van der Waals surface area contributed by atoms with Gasteiger partial charge in [-0.2, -0.15) is 0 Å². The van der Waals surface area contributed by atoms with Gasteiger partial charge in [0, 0.05) is 38.4 Å². The number of amides is 1. The topological polar surface area (TPSA) is 92.0 Å². The number of nitrogens with zero attached hydrogens (tertiary/aromatic N) is 2. The number of guanidine groups is 1. The third-order valence-corrected chi connectivity index (χ3v) is 4.92. The monoisotopic (exact) mass is 523 g/mol. The Morgan fingerprint density at radius 2 is 1.90 bits per heavy atom. The molecule has 2 aromatic carbocycles. The van der Waals surface area contributed by atoms with E-state index in [9.17, 15) is 4.79 Å². The molecule has 3 rings (SSSR count). The summed E-state index contributed by atoms with van der Waals surface area (Å²) in [6.45, 7) is 2.54. The number of piperidine rings is 1. The number of carbonyl (C=O) groups excluding carboxylic acids is 1. The minimum absolute atomic E-state index is 0. The van der Waals surface area contributed by atoms with Crippen LogP contribution in [-0.2, 0) is 11.3 Å². The van der Waals surface area contributed by atoms with Crippen LogP contribution in [0.3, 0.4) is 0 Å². The number of anilines is 1. The summed E-state index contributed by atoms with van der Waals surface area (Å²) < 4.78 is 5.36. The van der Waals surface area contributed by atoms with E-state index in [1.807, 2.05) is 24.3 Å². The fourth-order valence-electron chi connectivity index (χ4n) is 3.39. The molecule has 30 heavy (non-hydrogen) atoms. The van der Waals surface area contributed by atoms with E-state index in [0.29, 0.717) is 18.3 Å². The van der Waals surface area contributed by atoms with Crippen LogP contribution in [0.15, 0.2) is 59.6 Å².